The number of oxazole rings is 4. The Kier molecular flexibility index (Phi) is 36.2. The third-order valence-corrected chi connectivity index (χ3v) is 20.2. The number of ether oxygens (including phenoxy) is 1. The van der Waals surface area contributed by atoms with E-state index in [-0.39, 0.29) is 96.0 Å². The molecule has 524 valence electrons. The maximum Gasteiger partial charge on any atom is 1.00 e. The number of hydrogen-bond acceptors (Lipinski definition) is 19. The van der Waals surface area contributed by atoms with Crippen molar-refractivity contribution in [2.75, 3.05) is 55.8 Å². The van der Waals surface area contributed by atoms with Gasteiger partial charge in [0.1, 0.15) is 26.3 Å². The monoisotopic (exact) mass is 1630 g/mol. The van der Waals surface area contributed by atoms with Crippen LogP contribution in [0.2, 0.25) is 50.2 Å². The van der Waals surface area contributed by atoms with Gasteiger partial charge in [-0.2, -0.15) is 4.31 Å². The molecule has 22 nitrogen and oxygen atoms in total. The number of nitrogens with zero attached hydrogens (tertiary/aromatic N) is 5. The molecule has 0 radical (unpaired) electrons. The molecule has 0 aliphatic carbocycles. The van der Waals surface area contributed by atoms with E-state index >= 15 is 0 Å². The molecule has 7 aromatic carbocycles. The molecule has 1 atom stereocenters. The molecular weight excluding hydrogens is 1580 g/mol. The summed E-state index contributed by atoms with van der Waals surface area (Å²) in [4.78, 5) is 37.2. The third-order valence-electron chi connectivity index (χ3n) is 12.4. The average Bonchev–Trinajstić information content (AvgIpc) is 1.54. The number of sulfonamides is 1. The smallest absolute Gasteiger partial charge is 0.768 e. The van der Waals surface area contributed by atoms with Crippen molar-refractivity contribution in [3.8, 4) is 0 Å². The quantitative estimate of drug-likeness (QED) is 0.0395. The number of nitrogens with one attached hydrogen (secondary N) is 3. The van der Waals surface area contributed by atoms with E-state index in [0.717, 1.165) is 18.7 Å². The van der Waals surface area contributed by atoms with Crippen molar-refractivity contribution in [2.45, 2.75) is 69.1 Å². The molecule has 11 aromatic rings. The molecule has 0 saturated carbocycles. The van der Waals surface area contributed by atoms with E-state index in [1.165, 1.54) is 43.1 Å². The molecule has 2 amide bonds. The Labute approximate surface area is 656 Å². The van der Waals surface area contributed by atoms with Crippen molar-refractivity contribution < 1.29 is 95.3 Å². The summed E-state index contributed by atoms with van der Waals surface area (Å²) >= 11 is 54.8. The Balaban J connectivity index is 0.000000247. The number of nitrogen functional groups attached to an aromatic ring is 1. The van der Waals surface area contributed by atoms with Gasteiger partial charge in [-0.1, -0.05) is 109 Å². The first-order valence-corrected chi connectivity index (χ1v) is 36.8. The van der Waals surface area contributed by atoms with Crippen LogP contribution in [0.4, 0.5) is 17.1 Å². The van der Waals surface area contributed by atoms with Crippen molar-refractivity contribution in [2.24, 2.45) is 0 Å². The van der Waals surface area contributed by atoms with Crippen molar-refractivity contribution in [3.63, 3.8) is 0 Å². The van der Waals surface area contributed by atoms with Crippen LogP contribution < -0.4 is 59.4 Å². The SMILES string of the molecule is C1CCOC1.CC(=O)Nc1ccc(Cl)c(Cl)c1.CC(=O)Nc1ccc(Cl)c(Cl)c1.Cc1nc2ccc(Cl)[c-]c2o1.Cc1nc2ccc(Cl)c(S(=O)(=O)Cl)c2o1.Cc1nc2ccc(Cl)c(S(=O)(=O)N3CCNCC3)c2o1.Cc1nc2ccc(Cl)c(S(=O)[O-])c2o1.Nc1ccc(Cl)c(Cl)c1.[Li+].[Li+]. The number of nitrogens with two attached hydrogens (primary N) is 1. The number of hydrogen-bond donors (Lipinski definition) is 4. The normalized spacial score (nSPS) is 12.8. The van der Waals surface area contributed by atoms with Gasteiger partial charge in [-0.25, -0.2) is 31.8 Å². The van der Waals surface area contributed by atoms with E-state index in [2.05, 4.69) is 42.0 Å². The molecule has 2 aliphatic heterocycles. The van der Waals surface area contributed by atoms with Crippen LogP contribution in [0.15, 0.2) is 135 Å². The first kappa shape index (κ1) is 87.8. The summed E-state index contributed by atoms with van der Waals surface area (Å²) in [5, 5.41) is 12.0. The van der Waals surface area contributed by atoms with Crippen molar-refractivity contribution in [3.05, 3.63) is 183 Å². The van der Waals surface area contributed by atoms with Crippen LogP contribution in [0.25, 0.3) is 44.4 Å². The number of carbonyl (C=O) groups excluding carboxylic acids is 2. The molecule has 2 fully saturated rings. The minimum atomic E-state index is -3.94. The number of piperazine rings is 1. The Bertz CT molecular complexity index is 4820. The molecule has 38 heteroatoms. The Morgan fingerprint density at radius 2 is 0.930 bits per heavy atom. The summed E-state index contributed by atoms with van der Waals surface area (Å²) in [5.74, 6) is 1.56. The van der Waals surface area contributed by atoms with E-state index in [1.807, 2.05) is 6.07 Å². The number of amides is 2. The van der Waals surface area contributed by atoms with Gasteiger partial charge in [0.2, 0.25) is 21.8 Å². The topological polar surface area (TPSA) is 321 Å². The van der Waals surface area contributed by atoms with Crippen LogP contribution in [0.1, 0.15) is 50.3 Å². The molecule has 0 bridgehead atoms. The predicted octanol–water partition coefficient (Wildman–Crippen LogP) is 12.0. The molecule has 2 aliphatic rings. The third kappa shape index (κ3) is 26.5. The van der Waals surface area contributed by atoms with Crippen LogP contribution in [0, 0.1) is 33.8 Å². The molecule has 4 aromatic heterocycles. The molecule has 0 spiro atoms. The second-order valence-electron chi connectivity index (χ2n) is 20.1. The molecule has 1 unspecified atom stereocenters. The maximum absolute atomic E-state index is 12.8. The number of rotatable bonds is 6. The fraction of sp³-hybridized carbons (Fsp3) is 0.226. The van der Waals surface area contributed by atoms with Crippen molar-refractivity contribution in [1.82, 2.24) is 29.6 Å². The van der Waals surface area contributed by atoms with E-state index in [1.54, 1.807) is 113 Å². The fourth-order valence-electron chi connectivity index (χ4n) is 8.33. The van der Waals surface area contributed by atoms with Gasteiger partial charge in [0.15, 0.2) is 40.3 Å². The summed E-state index contributed by atoms with van der Waals surface area (Å²) in [6.45, 7) is 13.7. The second-order valence-corrected chi connectivity index (χ2v) is 29.4. The summed E-state index contributed by atoms with van der Waals surface area (Å²) in [5.41, 5.74) is 10.7. The minimum Gasteiger partial charge on any atom is -0.768 e. The number of benzene rings is 7. The largest absolute Gasteiger partial charge is 1.00 e. The van der Waals surface area contributed by atoms with Crippen LogP contribution in [-0.4, -0.2) is 101 Å². The van der Waals surface area contributed by atoms with Gasteiger partial charge in [0.25, 0.3) is 9.05 Å². The van der Waals surface area contributed by atoms with Gasteiger partial charge in [0, 0.05) is 114 Å². The zero-order valence-corrected chi connectivity index (χ0v) is 64.7. The number of anilines is 3. The van der Waals surface area contributed by atoms with Crippen molar-refractivity contribution >= 4 is 230 Å². The first-order valence-electron chi connectivity index (χ1n) is 28.2. The zero-order chi connectivity index (χ0) is 72.3. The molecule has 100 heavy (non-hydrogen) atoms. The van der Waals surface area contributed by atoms with E-state index in [0.29, 0.717) is 124 Å². The second kappa shape index (κ2) is 41.2. The number of carbonyl (C=O) groups is 2. The van der Waals surface area contributed by atoms with Gasteiger partial charge in [-0.05, 0) is 120 Å². The van der Waals surface area contributed by atoms with E-state index in [9.17, 15) is 35.2 Å². The number of aryl methyl sites for hydroxylation is 4. The molecule has 2 saturated heterocycles. The van der Waals surface area contributed by atoms with Gasteiger partial charge in [-0.15, -0.1) is 29.8 Å². The first-order chi connectivity index (χ1) is 46.1. The predicted molar refractivity (Wildman–Crippen MR) is 388 cm³/mol. The van der Waals surface area contributed by atoms with Gasteiger partial charge < -0.3 is 48.6 Å². The van der Waals surface area contributed by atoms with Crippen LogP contribution in [0.5, 0.6) is 0 Å². The number of halogens is 11. The number of aromatic nitrogens is 4. The average molecular weight is 1640 g/mol. The van der Waals surface area contributed by atoms with Crippen molar-refractivity contribution in [1.29, 1.82) is 0 Å². The molecular formula is C62H56Cl11Li2N9O13S3. The molecule has 13 rings (SSSR count). The minimum absolute atomic E-state index is 0. The summed E-state index contributed by atoms with van der Waals surface area (Å²) in [7, 11) is -2.37. The van der Waals surface area contributed by atoms with Gasteiger partial charge >= 0.3 is 37.7 Å². The van der Waals surface area contributed by atoms with Crippen LogP contribution in [0.3, 0.4) is 0 Å². The number of fused-ring (bicyclic) bond motifs is 4. The van der Waals surface area contributed by atoms with E-state index < -0.39 is 30.2 Å². The van der Waals surface area contributed by atoms with Gasteiger partial charge in [0.05, 0.1) is 50.1 Å². The van der Waals surface area contributed by atoms with Crippen LogP contribution >= 0.6 is 127 Å². The molecule has 5 N–H and O–H groups in total. The Morgan fingerprint density at radius 3 is 1.35 bits per heavy atom. The zero-order valence-electron chi connectivity index (χ0n) is 54.0. The van der Waals surface area contributed by atoms with Gasteiger partial charge in [-0.3, -0.25) is 18.8 Å². The summed E-state index contributed by atoms with van der Waals surface area (Å²) < 4.78 is 97.1. The summed E-state index contributed by atoms with van der Waals surface area (Å²) in [6, 6.07) is 30.5. The van der Waals surface area contributed by atoms with Crippen LogP contribution in [-0.2, 0) is 44.5 Å². The molecule has 6 heterocycles. The van der Waals surface area contributed by atoms with E-state index in [4.69, 9.17) is 155 Å². The maximum atomic E-state index is 12.8. The fourth-order valence-corrected chi connectivity index (χ4v) is 14.0. The summed E-state index contributed by atoms with van der Waals surface area (Å²) in [6.07, 6.45) is 2.56. The standard InChI is InChI=1S/C12H14ClN3O3S.C8H5Cl2NO3S.2C8H7Cl2NO.C8H6ClNO3S.C8H5ClNO.C6H5Cl2N.C4H8O.2Li/c1-8-15-10-3-2-9(13)12(11(10)19-8)20(17,18)16-6-4-14-5-7-16;1-4-11-6-3-2-5(9)8(7(6)14-4)15(10,12)13;2*1-5(12)11-6-2-3-7(9)8(10)4-6;1-4-10-6-3-2-5(9)8(14(11)12)7(6)13-4;1-5-10-7-3-2-6(9)4-8(7)11-5;7-5-2-1-4(9)3-6(5)8;1-2-4-5-3-1;;/h2-3,14H,4-7H2,1H3;2-3H,1H3;2*2-4H,1H3,(H,11,12);2-3H,1H3,(H,11,12);2-3H,1H3;1-3H,9H2;1-4H2;;/q;;;;;-1;;;2*+1/p-1. The Hall–Kier alpha value is -4.57. The Morgan fingerprint density at radius 1 is 0.540 bits per heavy atom.